The Balaban J connectivity index is 3.28. The van der Waals surface area contributed by atoms with Gasteiger partial charge in [-0.3, -0.25) is 0 Å². The van der Waals surface area contributed by atoms with Gasteiger partial charge in [-0.15, -0.1) is 10.5 Å². The van der Waals surface area contributed by atoms with Gasteiger partial charge in [-0.2, -0.15) is 8.42 Å². The van der Waals surface area contributed by atoms with Crippen molar-refractivity contribution in [3.63, 3.8) is 0 Å². The molecule has 2 nitrogen and oxygen atoms in total. The molecule has 0 atom stereocenters. The van der Waals surface area contributed by atoms with Gasteiger partial charge in [0.05, 0.1) is 0 Å². The summed E-state index contributed by atoms with van der Waals surface area (Å²) in [6, 6.07) is 5.95. The summed E-state index contributed by atoms with van der Waals surface area (Å²) in [7, 11) is -4.60. The Morgan fingerprint density at radius 1 is 1.38 bits per heavy atom. The molecule has 0 bridgehead atoms. The summed E-state index contributed by atoms with van der Waals surface area (Å²) in [5, 5.41) is 0. The first-order valence-corrected chi connectivity index (χ1v) is 5.07. The summed E-state index contributed by atoms with van der Waals surface area (Å²) in [5.41, 5.74) is 0.431. The van der Waals surface area contributed by atoms with E-state index in [1.54, 1.807) is 12.1 Å². The van der Waals surface area contributed by atoms with Crippen LogP contribution in [0, 0.1) is 0 Å². The van der Waals surface area contributed by atoms with Crippen molar-refractivity contribution in [2.24, 2.45) is 0 Å². The van der Waals surface area contributed by atoms with Crippen molar-refractivity contribution in [3.8, 4) is 0 Å². The van der Waals surface area contributed by atoms with Crippen molar-refractivity contribution < 1.29 is 12.3 Å². The largest absolute Gasteiger partial charge is 0.332 e. The predicted molar refractivity (Wildman–Crippen MR) is 48.6 cm³/mol. The molecule has 0 fully saturated rings. The minimum atomic E-state index is -4.60. The average Bonchev–Trinajstić information content (AvgIpc) is 2.04. The van der Waals surface area contributed by atoms with Crippen molar-refractivity contribution in [2.75, 3.05) is 0 Å². The van der Waals surface area contributed by atoms with Crippen LogP contribution in [0.3, 0.4) is 0 Å². The molecule has 0 saturated carbocycles. The van der Waals surface area contributed by atoms with Gasteiger partial charge < -0.3 is 0 Å². The van der Waals surface area contributed by atoms with Crippen LogP contribution in [0.5, 0.6) is 0 Å². The number of benzene rings is 1. The molecule has 0 heterocycles. The molecule has 0 radical (unpaired) electrons. The fourth-order valence-corrected chi connectivity index (χ4v) is 1.77. The first kappa shape index (κ1) is 9.92. The molecule has 70 valence electrons. The van der Waals surface area contributed by atoms with E-state index in [2.05, 4.69) is 6.58 Å². The zero-order valence-corrected chi connectivity index (χ0v) is 7.72. The summed E-state index contributed by atoms with van der Waals surface area (Å²) >= 11 is 0. The minimum absolute atomic E-state index is 0.269. The Hall–Kier alpha value is -1.16. The van der Waals surface area contributed by atoms with Gasteiger partial charge in [-0.05, 0) is 18.1 Å². The summed E-state index contributed by atoms with van der Waals surface area (Å²) in [6.45, 7) is 3.46. The number of halogens is 1. The quantitative estimate of drug-likeness (QED) is 0.553. The van der Waals surface area contributed by atoms with Crippen LogP contribution in [0.1, 0.15) is 5.56 Å². The van der Waals surface area contributed by atoms with E-state index in [1.165, 1.54) is 18.2 Å². The first-order chi connectivity index (χ1) is 6.05. The number of hydrogen-bond donors (Lipinski definition) is 0. The standard InChI is InChI=1S/C9H9FO2S/c1-2-5-8-6-3-4-7-9(8)13(10,11)12/h2-4,6-7H,1,5H2. The van der Waals surface area contributed by atoms with Crippen LogP contribution in [0.25, 0.3) is 0 Å². The third kappa shape index (κ3) is 2.39. The van der Waals surface area contributed by atoms with E-state index < -0.39 is 10.2 Å². The van der Waals surface area contributed by atoms with Crippen LogP contribution >= 0.6 is 0 Å². The molecule has 0 aromatic heterocycles. The average molecular weight is 200 g/mol. The Labute approximate surface area is 76.9 Å². The first-order valence-electron chi connectivity index (χ1n) is 3.69. The topological polar surface area (TPSA) is 34.1 Å². The highest BCUT2D eigenvalue weighted by Gasteiger charge is 2.14. The van der Waals surface area contributed by atoms with Gasteiger partial charge in [0.2, 0.25) is 0 Å². The van der Waals surface area contributed by atoms with E-state index in [9.17, 15) is 12.3 Å². The normalized spacial score (nSPS) is 11.2. The van der Waals surface area contributed by atoms with Crippen molar-refractivity contribution in [2.45, 2.75) is 11.3 Å². The third-order valence-electron chi connectivity index (χ3n) is 1.60. The lowest BCUT2D eigenvalue weighted by Crippen LogP contribution is -1.97. The van der Waals surface area contributed by atoms with Crippen LogP contribution in [0.15, 0.2) is 41.8 Å². The fraction of sp³-hybridized carbons (Fsp3) is 0.111. The molecule has 0 saturated heterocycles. The highest BCUT2D eigenvalue weighted by Crippen LogP contribution is 2.18. The fourth-order valence-electron chi connectivity index (χ4n) is 1.07. The van der Waals surface area contributed by atoms with Gasteiger partial charge in [0.25, 0.3) is 0 Å². The Morgan fingerprint density at radius 3 is 2.54 bits per heavy atom. The second kappa shape index (κ2) is 3.70. The SMILES string of the molecule is C=CCc1ccccc1S(=O)(=O)F. The maximum absolute atomic E-state index is 12.6. The molecule has 13 heavy (non-hydrogen) atoms. The molecule has 1 aromatic rings. The Bertz CT molecular complexity index is 409. The van der Waals surface area contributed by atoms with E-state index in [1.807, 2.05) is 0 Å². The van der Waals surface area contributed by atoms with Gasteiger partial charge in [0.15, 0.2) is 0 Å². The smallest absolute Gasteiger partial charge is 0.189 e. The zero-order valence-electron chi connectivity index (χ0n) is 6.90. The summed E-state index contributed by atoms with van der Waals surface area (Å²) < 4.78 is 33.9. The van der Waals surface area contributed by atoms with E-state index >= 15 is 0 Å². The lowest BCUT2D eigenvalue weighted by atomic mass is 10.1. The molecule has 1 aromatic carbocycles. The van der Waals surface area contributed by atoms with E-state index in [-0.39, 0.29) is 4.90 Å². The van der Waals surface area contributed by atoms with Crippen LogP contribution in [-0.4, -0.2) is 8.42 Å². The molecule has 0 unspecified atom stereocenters. The van der Waals surface area contributed by atoms with Crippen molar-refractivity contribution in [1.82, 2.24) is 0 Å². The van der Waals surface area contributed by atoms with E-state index in [0.29, 0.717) is 12.0 Å². The predicted octanol–water partition coefficient (Wildman–Crippen LogP) is 2.07. The maximum Gasteiger partial charge on any atom is 0.332 e. The zero-order chi connectivity index (χ0) is 9.90. The summed E-state index contributed by atoms with van der Waals surface area (Å²) in [4.78, 5) is -0.269. The molecule has 0 amide bonds. The molecule has 4 heteroatoms. The van der Waals surface area contributed by atoms with Gasteiger partial charge in [0.1, 0.15) is 4.90 Å². The van der Waals surface area contributed by atoms with Crippen molar-refractivity contribution in [1.29, 1.82) is 0 Å². The van der Waals surface area contributed by atoms with Gasteiger partial charge in [-0.25, -0.2) is 0 Å². The monoisotopic (exact) mass is 200 g/mol. The number of allylic oxidation sites excluding steroid dienone is 1. The molecule has 0 aliphatic rings. The third-order valence-corrected chi connectivity index (χ3v) is 2.52. The lowest BCUT2D eigenvalue weighted by molar-refractivity contribution is 0.551. The Kier molecular flexibility index (Phi) is 2.83. The molecule has 0 aliphatic heterocycles. The summed E-state index contributed by atoms with van der Waals surface area (Å²) in [5.74, 6) is 0. The molecular weight excluding hydrogens is 191 g/mol. The van der Waals surface area contributed by atoms with Gasteiger partial charge >= 0.3 is 10.2 Å². The van der Waals surface area contributed by atoms with Gasteiger partial charge in [-0.1, -0.05) is 24.3 Å². The second-order valence-corrected chi connectivity index (χ2v) is 3.85. The van der Waals surface area contributed by atoms with Gasteiger partial charge in [0, 0.05) is 0 Å². The van der Waals surface area contributed by atoms with Crippen LogP contribution in [0.4, 0.5) is 3.89 Å². The Morgan fingerprint density at radius 2 is 2.00 bits per heavy atom. The van der Waals surface area contributed by atoms with E-state index in [0.717, 1.165) is 0 Å². The molecule has 0 aliphatic carbocycles. The summed E-state index contributed by atoms with van der Waals surface area (Å²) in [6.07, 6.45) is 1.88. The number of hydrogen-bond acceptors (Lipinski definition) is 2. The molecule has 0 N–H and O–H groups in total. The van der Waals surface area contributed by atoms with Crippen molar-refractivity contribution in [3.05, 3.63) is 42.5 Å². The van der Waals surface area contributed by atoms with E-state index in [4.69, 9.17) is 0 Å². The van der Waals surface area contributed by atoms with Crippen LogP contribution in [0.2, 0.25) is 0 Å². The highest BCUT2D eigenvalue weighted by atomic mass is 32.3. The van der Waals surface area contributed by atoms with Crippen LogP contribution < -0.4 is 0 Å². The molecular formula is C9H9FO2S. The second-order valence-electron chi connectivity index (χ2n) is 2.54. The minimum Gasteiger partial charge on any atom is -0.189 e. The molecule has 1 rings (SSSR count). The lowest BCUT2D eigenvalue weighted by Gasteiger charge is -2.01. The highest BCUT2D eigenvalue weighted by molar-refractivity contribution is 7.86. The number of rotatable bonds is 3. The molecule has 0 spiro atoms. The maximum atomic E-state index is 12.6. The van der Waals surface area contributed by atoms with Crippen LogP contribution in [-0.2, 0) is 16.6 Å². The van der Waals surface area contributed by atoms with Crippen molar-refractivity contribution >= 4 is 10.2 Å².